The first-order valence-electron chi connectivity index (χ1n) is 21.3. The van der Waals surface area contributed by atoms with Crippen LogP contribution in [0.2, 0.25) is 0 Å². The van der Waals surface area contributed by atoms with E-state index < -0.39 is 0 Å². The Balaban J connectivity index is 1.02. The van der Waals surface area contributed by atoms with Gasteiger partial charge in [0.15, 0.2) is 0 Å². The molecule has 0 aliphatic rings. The van der Waals surface area contributed by atoms with Crippen LogP contribution in [0, 0.1) is 0 Å². The molecule has 0 unspecified atom stereocenters. The van der Waals surface area contributed by atoms with Gasteiger partial charge in [0.1, 0.15) is 11.4 Å². The van der Waals surface area contributed by atoms with Crippen LogP contribution in [0.1, 0.15) is 135 Å². The average Bonchev–Trinajstić information content (AvgIpc) is 3.93. The number of allylic oxidation sites excluding steroid dienone is 2. The van der Waals surface area contributed by atoms with Crippen molar-refractivity contribution in [2.24, 2.45) is 0 Å². The Morgan fingerprint density at radius 2 is 0.879 bits per heavy atom. The van der Waals surface area contributed by atoms with Crippen molar-refractivity contribution in [1.29, 1.82) is 0 Å². The number of carbonyl (C=O) groups excluding carboxylic acids is 2. The fourth-order valence-corrected chi connectivity index (χ4v) is 6.81. The van der Waals surface area contributed by atoms with Crippen molar-refractivity contribution in [3.05, 3.63) is 127 Å². The number of rotatable bonds is 28. The molecule has 11 nitrogen and oxygen atoms in total. The number of nitrogens with zero attached hydrogens (tertiary/aromatic N) is 7. The van der Waals surface area contributed by atoms with Crippen molar-refractivity contribution >= 4 is 11.8 Å². The number of unbranched alkanes of at least 4 members (excludes halogenated alkanes) is 14. The van der Waals surface area contributed by atoms with Crippen LogP contribution in [0.4, 0.5) is 0 Å². The summed E-state index contributed by atoms with van der Waals surface area (Å²) in [6.07, 6.45) is 26.7. The largest absolute Gasteiger partial charge is 0.352 e. The predicted octanol–water partition coefficient (Wildman–Crippen LogP) is 9.77. The zero-order chi connectivity index (χ0) is 40.6. The lowest BCUT2D eigenvalue weighted by Gasteiger charge is -2.07. The van der Waals surface area contributed by atoms with Crippen molar-refractivity contribution in [2.75, 3.05) is 13.1 Å². The summed E-state index contributed by atoms with van der Waals surface area (Å²) >= 11 is 0. The maximum absolute atomic E-state index is 12.7. The summed E-state index contributed by atoms with van der Waals surface area (Å²) in [6.45, 7) is 9.97. The number of hydrogen-bond donors (Lipinski definition) is 2. The van der Waals surface area contributed by atoms with E-state index in [0.29, 0.717) is 60.1 Å². The van der Waals surface area contributed by atoms with Gasteiger partial charge >= 0.3 is 0 Å². The highest BCUT2D eigenvalue weighted by atomic mass is 16.2. The molecule has 0 bridgehead atoms. The second kappa shape index (κ2) is 24.8. The Kier molecular flexibility index (Phi) is 18.6. The summed E-state index contributed by atoms with van der Waals surface area (Å²) in [4.78, 5) is 30.1. The number of benzene rings is 2. The number of carbonyl (C=O) groups is 2. The van der Waals surface area contributed by atoms with Crippen molar-refractivity contribution in [1.82, 2.24) is 45.6 Å². The highest BCUT2D eigenvalue weighted by Gasteiger charge is 2.12. The molecule has 0 aliphatic heterocycles. The molecule has 306 valence electrons. The number of nitrogens with one attached hydrogen (secondary N) is 2. The van der Waals surface area contributed by atoms with Gasteiger partial charge in [0, 0.05) is 24.2 Å². The number of aromatic nitrogens is 7. The topological polar surface area (TPSA) is 133 Å². The Morgan fingerprint density at radius 1 is 0.500 bits per heavy atom. The molecule has 0 spiro atoms. The average molecular weight is 784 g/mol. The molecule has 0 atom stereocenters. The van der Waals surface area contributed by atoms with E-state index in [-0.39, 0.29) is 11.8 Å². The molecule has 3 aromatic heterocycles. The van der Waals surface area contributed by atoms with Gasteiger partial charge in [-0.15, -0.1) is 23.4 Å². The molecule has 11 heteroatoms. The van der Waals surface area contributed by atoms with Gasteiger partial charge in [-0.2, -0.15) is 0 Å². The molecule has 3 heterocycles. The van der Waals surface area contributed by atoms with Crippen LogP contribution in [0.5, 0.6) is 0 Å². The van der Waals surface area contributed by atoms with E-state index in [1.165, 1.54) is 64.2 Å². The lowest BCUT2D eigenvalue weighted by molar-refractivity contribution is 0.0944. The third-order valence-corrected chi connectivity index (χ3v) is 10.2. The second-order valence-corrected chi connectivity index (χ2v) is 15.0. The van der Waals surface area contributed by atoms with Crippen LogP contribution in [0.15, 0.2) is 104 Å². The van der Waals surface area contributed by atoms with E-state index in [2.05, 4.69) is 44.4 Å². The van der Waals surface area contributed by atoms with E-state index in [1.54, 1.807) is 9.36 Å². The smallest absolute Gasteiger partial charge is 0.251 e. The Morgan fingerprint density at radius 3 is 1.28 bits per heavy atom. The maximum atomic E-state index is 12.7. The Bertz CT molecular complexity index is 1840. The molecule has 0 fully saturated rings. The lowest BCUT2D eigenvalue weighted by atomic mass is 10.1. The fourth-order valence-electron chi connectivity index (χ4n) is 6.81. The summed E-state index contributed by atoms with van der Waals surface area (Å²) in [5.74, 6) is -0.0874. The molecule has 0 saturated carbocycles. The Labute approximate surface area is 344 Å². The summed E-state index contributed by atoms with van der Waals surface area (Å²) < 4.78 is 3.53. The van der Waals surface area contributed by atoms with Crippen LogP contribution >= 0.6 is 0 Å². The van der Waals surface area contributed by atoms with Gasteiger partial charge in [-0.1, -0.05) is 117 Å². The molecule has 2 N–H and O–H groups in total. The molecule has 2 amide bonds. The van der Waals surface area contributed by atoms with Crippen molar-refractivity contribution in [2.45, 2.75) is 116 Å². The van der Waals surface area contributed by atoms with E-state index in [9.17, 15) is 9.59 Å². The predicted molar refractivity (Wildman–Crippen MR) is 232 cm³/mol. The standard InChI is InChI=1S/C47H61N9O2/c1-3-5-7-9-11-13-15-17-19-32-48-46(57)40-28-24-38(25-29-40)34-55-36-44(51-53-55)42-22-21-23-43(50-42)45-37-56(54-52-45)35-39-26-30-41(31-27-39)47(58)49-33-20-18-16-14-12-10-8-6-4-2/h3-4,21-31,36-37H,1-2,5-20,32-35H2,(H,48,57)(H,49,58). The monoisotopic (exact) mass is 783 g/mol. The minimum Gasteiger partial charge on any atom is -0.352 e. The minimum absolute atomic E-state index is 0.0437. The van der Waals surface area contributed by atoms with E-state index >= 15 is 0 Å². The van der Waals surface area contributed by atoms with Gasteiger partial charge in [0.25, 0.3) is 11.8 Å². The highest BCUT2D eigenvalue weighted by Crippen LogP contribution is 2.20. The van der Waals surface area contributed by atoms with Gasteiger partial charge in [-0.05, 0) is 86.1 Å². The quantitative estimate of drug-likeness (QED) is 0.0381. The number of hydrogen-bond acceptors (Lipinski definition) is 7. The van der Waals surface area contributed by atoms with Crippen LogP contribution in [0.25, 0.3) is 22.8 Å². The molecular weight excluding hydrogens is 723 g/mol. The summed E-state index contributed by atoms with van der Waals surface area (Å²) in [5, 5.41) is 23.5. The zero-order valence-electron chi connectivity index (χ0n) is 34.2. The van der Waals surface area contributed by atoms with Gasteiger partial charge in [0.05, 0.1) is 36.9 Å². The number of amides is 2. The molecule has 5 rings (SSSR count). The van der Waals surface area contributed by atoms with Crippen LogP contribution in [0.3, 0.4) is 0 Å². The molecule has 0 saturated heterocycles. The van der Waals surface area contributed by atoms with Crippen LogP contribution < -0.4 is 10.6 Å². The van der Waals surface area contributed by atoms with Gasteiger partial charge in [0.2, 0.25) is 0 Å². The van der Waals surface area contributed by atoms with E-state index in [4.69, 9.17) is 4.98 Å². The summed E-state index contributed by atoms with van der Waals surface area (Å²) in [6, 6.07) is 21.0. The molecular formula is C47H61N9O2. The first-order valence-corrected chi connectivity index (χ1v) is 21.3. The SMILES string of the molecule is C=CCCCCCCCCCNC(=O)c1ccc(Cn2cc(-c3cccc(-c4cn(Cc5ccc(C(=O)NCCCCCCCCCC=C)cc5)nn4)n3)nn2)cc1. The highest BCUT2D eigenvalue weighted by molar-refractivity contribution is 5.94. The van der Waals surface area contributed by atoms with E-state index in [1.807, 2.05) is 91.3 Å². The van der Waals surface area contributed by atoms with Gasteiger partial charge < -0.3 is 10.6 Å². The normalized spacial score (nSPS) is 11.0. The number of pyridine rings is 1. The minimum atomic E-state index is -0.0437. The van der Waals surface area contributed by atoms with E-state index in [0.717, 1.165) is 49.7 Å². The molecule has 2 aromatic carbocycles. The van der Waals surface area contributed by atoms with Crippen molar-refractivity contribution in [3.8, 4) is 22.8 Å². The van der Waals surface area contributed by atoms with Crippen molar-refractivity contribution in [3.63, 3.8) is 0 Å². The third kappa shape index (κ3) is 15.0. The maximum Gasteiger partial charge on any atom is 0.251 e. The van der Waals surface area contributed by atoms with Gasteiger partial charge in [-0.25, -0.2) is 14.3 Å². The second-order valence-electron chi connectivity index (χ2n) is 15.0. The van der Waals surface area contributed by atoms with Gasteiger partial charge in [-0.3, -0.25) is 9.59 Å². The van der Waals surface area contributed by atoms with Crippen molar-refractivity contribution < 1.29 is 9.59 Å². The Hall–Kier alpha value is -5.71. The molecule has 58 heavy (non-hydrogen) atoms. The summed E-state index contributed by atoms with van der Waals surface area (Å²) in [7, 11) is 0. The molecule has 5 aromatic rings. The first-order chi connectivity index (χ1) is 28.5. The summed E-state index contributed by atoms with van der Waals surface area (Å²) in [5.41, 5.74) is 5.98. The molecule has 0 radical (unpaired) electrons. The lowest BCUT2D eigenvalue weighted by Crippen LogP contribution is -2.24. The van der Waals surface area contributed by atoms with Crippen LogP contribution in [-0.2, 0) is 13.1 Å². The first kappa shape index (κ1) is 43.4. The molecule has 0 aliphatic carbocycles. The zero-order valence-corrected chi connectivity index (χ0v) is 34.2. The fraction of sp³-hybridized carbons (Fsp3) is 0.426. The van der Waals surface area contributed by atoms with Crippen LogP contribution in [-0.4, -0.2) is 59.9 Å². The third-order valence-electron chi connectivity index (χ3n) is 10.2.